The van der Waals surface area contributed by atoms with E-state index in [1.807, 2.05) is 36.4 Å². The van der Waals surface area contributed by atoms with E-state index in [9.17, 15) is 36.0 Å². The van der Waals surface area contributed by atoms with Crippen molar-refractivity contribution in [3.8, 4) is 0 Å². The fraction of sp³-hybridized carbons (Fsp3) is 0.419. The number of aromatic nitrogens is 2. The van der Waals surface area contributed by atoms with Crippen molar-refractivity contribution in [3.63, 3.8) is 0 Å². The minimum Gasteiger partial charge on any atom is -0.371 e. The van der Waals surface area contributed by atoms with E-state index in [4.69, 9.17) is 0 Å². The fourth-order valence-corrected chi connectivity index (χ4v) is 9.17. The molecular formula is C43H49F3N10O5S. The van der Waals surface area contributed by atoms with Crippen molar-refractivity contribution in [2.75, 3.05) is 72.4 Å². The third-order valence-electron chi connectivity index (χ3n) is 12.2. The van der Waals surface area contributed by atoms with Gasteiger partial charge in [0.05, 0.1) is 11.9 Å². The summed E-state index contributed by atoms with van der Waals surface area (Å²) in [6, 6.07) is 20.0. The van der Waals surface area contributed by atoms with Gasteiger partial charge < -0.3 is 20.4 Å². The van der Waals surface area contributed by atoms with E-state index in [0.29, 0.717) is 41.5 Å². The zero-order chi connectivity index (χ0) is 43.8. The Morgan fingerprint density at radius 1 is 0.903 bits per heavy atom. The number of hydrogen-bond donors (Lipinski definition) is 3. The average Bonchev–Trinajstić information content (AvgIpc) is 3.57. The second kappa shape index (κ2) is 17.5. The first kappa shape index (κ1) is 42.9. The number of carbonyl (C=O) groups is 3. The number of nitrogens with zero attached hydrogens (tertiary/aromatic N) is 7. The smallest absolute Gasteiger partial charge is 0.371 e. The first-order valence-electron chi connectivity index (χ1n) is 20.6. The van der Waals surface area contributed by atoms with Gasteiger partial charge in [0, 0.05) is 102 Å². The zero-order valence-electron chi connectivity index (χ0n) is 34.5. The van der Waals surface area contributed by atoms with Crippen LogP contribution in [-0.4, -0.2) is 115 Å². The molecule has 15 nitrogen and oxygen atoms in total. The van der Waals surface area contributed by atoms with E-state index in [1.54, 1.807) is 29.2 Å². The summed E-state index contributed by atoms with van der Waals surface area (Å²) in [7, 11) is -2.12. The van der Waals surface area contributed by atoms with Crippen molar-refractivity contribution in [2.45, 2.75) is 63.6 Å². The third-order valence-corrected chi connectivity index (χ3v) is 13.4. The maximum absolute atomic E-state index is 13.9. The second-order valence-corrected chi connectivity index (χ2v) is 18.3. The van der Waals surface area contributed by atoms with Gasteiger partial charge in [0.1, 0.15) is 17.4 Å². The topological polar surface area (TPSA) is 163 Å². The number of sulfonamides is 1. The van der Waals surface area contributed by atoms with Crippen molar-refractivity contribution < 1.29 is 36.0 Å². The summed E-state index contributed by atoms with van der Waals surface area (Å²) < 4.78 is 66.9. The first-order valence-corrected chi connectivity index (χ1v) is 22.5. The molecule has 4 aliphatic rings. The van der Waals surface area contributed by atoms with Crippen LogP contribution in [0, 0.1) is 0 Å². The molecule has 1 unspecified atom stereocenters. The predicted octanol–water partition coefficient (Wildman–Crippen LogP) is 4.79. The number of alkyl halides is 3. The highest BCUT2D eigenvalue weighted by Gasteiger charge is 2.39. The van der Waals surface area contributed by atoms with E-state index in [2.05, 4.69) is 46.7 Å². The number of hydrogen-bond acceptors (Lipinski definition) is 12. The number of piperidine rings is 2. The first-order chi connectivity index (χ1) is 29.6. The maximum Gasteiger partial charge on any atom is 0.421 e. The summed E-state index contributed by atoms with van der Waals surface area (Å²) in [5, 5.41) is 8.14. The summed E-state index contributed by atoms with van der Waals surface area (Å²) in [4.78, 5) is 54.2. The molecule has 62 heavy (non-hydrogen) atoms. The molecule has 3 saturated heterocycles. The highest BCUT2D eigenvalue weighted by molar-refractivity contribution is 7.92. The Morgan fingerprint density at radius 3 is 2.34 bits per heavy atom. The highest BCUT2D eigenvalue weighted by Crippen LogP contribution is 2.35. The summed E-state index contributed by atoms with van der Waals surface area (Å²) in [5.74, 6) is -1.28. The van der Waals surface area contributed by atoms with Gasteiger partial charge in [0.25, 0.3) is 5.91 Å². The van der Waals surface area contributed by atoms with Crippen LogP contribution in [0.2, 0.25) is 0 Å². The van der Waals surface area contributed by atoms with Crippen molar-refractivity contribution in [1.29, 1.82) is 0 Å². The van der Waals surface area contributed by atoms with Crippen LogP contribution >= 0.6 is 0 Å². The number of imide groups is 1. The molecule has 3 aromatic carbocycles. The number of carbonyl (C=O) groups excluding carboxylic acids is 3. The lowest BCUT2D eigenvalue weighted by Gasteiger charge is -2.43. The molecule has 19 heteroatoms. The van der Waals surface area contributed by atoms with Crippen LogP contribution in [0.15, 0.2) is 72.9 Å². The number of benzene rings is 3. The molecule has 328 valence electrons. The minimum absolute atomic E-state index is 0.0122. The molecule has 3 fully saturated rings. The van der Waals surface area contributed by atoms with E-state index in [1.165, 1.54) is 7.05 Å². The molecule has 8 rings (SSSR count). The second-order valence-electron chi connectivity index (χ2n) is 16.3. The molecule has 0 spiro atoms. The molecule has 1 aromatic heterocycles. The van der Waals surface area contributed by atoms with Gasteiger partial charge in [-0.1, -0.05) is 24.3 Å². The number of anilines is 5. The Balaban J connectivity index is 0.806. The van der Waals surface area contributed by atoms with E-state index >= 15 is 0 Å². The van der Waals surface area contributed by atoms with E-state index in [0.717, 1.165) is 92.2 Å². The molecule has 0 aliphatic carbocycles. The Hall–Kier alpha value is -5.79. The number of rotatable bonds is 12. The molecule has 1 atom stereocenters. The minimum atomic E-state index is -4.70. The van der Waals surface area contributed by atoms with Gasteiger partial charge >= 0.3 is 6.18 Å². The number of piperazine rings is 1. The van der Waals surface area contributed by atoms with Crippen molar-refractivity contribution >= 4 is 56.6 Å². The van der Waals surface area contributed by atoms with Gasteiger partial charge in [-0.3, -0.25) is 33.8 Å². The van der Waals surface area contributed by atoms with Crippen LogP contribution in [0.3, 0.4) is 0 Å². The third kappa shape index (κ3) is 9.64. The molecule has 4 aliphatic heterocycles. The molecule has 0 bridgehead atoms. The highest BCUT2D eigenvalue weighted by atomic mass is 32.2. The van der Waals surface area contributed by atoms with Gasteiger partial charge in [-0.15, -0.1) is 0 Å². The van der Waals surface area contributed by atoms with Crippen LogP contribution in [0.4, 0.5) is 42.0 Å². The summed E-state index contributed by atoms with van der Waals surface area (Å²) in [6.07, 6.45) is -0.273. The molecule has 3 N–H and O–H groups in total. The quantitative estimate of drug-likeness (QED) is 0.167. The number of fused-ring (bicyclic) bond motifs is 1. The van der Waals surface area contributed by atoms with Crippen LogP contribution in [0.5, 0.6) is 0 Å². The van der Waals surface area contributed by atoms with Gasteiger partial charge in [-0.25, -0.2) is 13.4 Å². The average molecular weight is 875 g/mol. The molecular weight excluding hydrogens is 826 g/mol. The van der Waals surface area contributed by atoms with Gasteiger partial charge in [0.2, 0.25) is 27.8 Å². The van der Waals surface area contributed by atoms with Crippen LogP contribution in [0.25, 0.3) is 0 Å². The molecule has 3 amide bonds. The maximum atomic E-state index is 13.9. The standard InChI is InChI=1S/C43H49F3N10O5S/c1-52(62(2,60)61)34-5-3-4-28(23-34)24-47-39-36(43(44,45)46)25-48-42(51-39)49-31-7-9-32(10-8-31)54-16-14-33(15-17-54)55-20-18-53(19-21-55)26-29-6-11-35-30(22-29)27-56(41(35)59)37-12-13-38(57)50-40(37)58/h3-11,22-23,25,33,37H,12-21,24,26-27H2,1-2H3,(H,50,57,58)(H2,47,48,49,51). The summed E-state index contributed by atoms with van der Waals surface area (Å²) >= 11 is 0. The molecule has 0 saturated carbocycles. The fourth-order valence-electron chi connectivity index (χ4n) is 8.67. The van der Waals surface area contributed by atoms with Gasteiger partial charge in [-0.2, -0.15) is 18.2 Å². The Bertz CT molecular complexity index is 2440. The van der Waals surface area contributed by atoms with Gasteiger partial charge in [0.15, 0.2) is 0 Å². The van der Waals surface area contributed by atoms with Crippen molar-refractivity contribution in [3.05, 3.63) is 101 Å². The lowest BCUT2D eigenvalue weighted by atomic mass is 10.0. The van der Waals surface area contributed by atoms with Crippen LogP contribution in [0.1, 0.15) is 58.3 Å². The Kier molecular flexibility index (Phi) is 12.1. The summed E-state index contributed by atoms with van der Waals surface area (Å²) in [5.41, 5.74) is 4.27. The largest absolute Gasteiger partial charge is 0.421 e. The van der Waals surface area contributed by atoms with Crippen molar-refractivity contribution in [1.82, 2.24) is 30.0 Å². The van der Waals surface area contributed by atoms with Crippen LogP contribution in [-0.2, 0) is 45.4 Å². The predicted molar refractivity (Wildman–Crippen MR) is 228 cm³/mol. The Labute approximate surface area is 358 Å². The lowest BCUT2D eigenvalue weighted by Crippen LogP contribution is -2.53. The van der Waals surface area contributed by atoms with Crippen molar-refractivity contribution in [2.24, 2.45) is 0 Å². The number of halogens is 3. The number of amides is 3. The molecule has 0 radical (unpaired) electrons. The summed E-state index contributed by atoms with van der Waals surface area (Å²) in [6.45, 7) is 6.72. The number of nitrogens with one attached hydrogen (secondary N) is 3. The zero-order valence-corrected chi connectivity index (χ0v) is 35.3. The normalized spacial score (nSPS) is 19.4. The van der Waals surface area contributed by atoms with E-state index in [-0.39, 0.29) is 30.7 Å². The van der Waals surface area contributed by atoms with Gasteiger partial charge in [-0.05, 0) is 78.4 Å². The molecule has 5 heterocycles. The monoisotopic (exact) mass is 874 g/mol. The van der Waals surface area contributed by atoms with E-state index < -0.39 is 39.5 Å². The molecule has 4 aromatic rings. The SMILES string of the molecule is CN(c1cccc(CNc2nc(Nc3ccc(N4CCC(N5CCN(Cc6ccc7c(c6)CN(C6CCC(=O)NC6=O)C7=O)CC5)CC4)cc3)ncc2C(F)(F)F)c1)S(C)(=O)=O. The van der Waals surface area contributed by atoms with Crippen LogP contribution < -0.4 is 25.2 Å². The Morgan fingerprint density at radius 2 is 1.65 bits per heavy atom. The lowest BCUT2D eigenvalue weighted by molar-refractivity contribution is -0.138.